The molecular formula is C14H18BrN3OS2. The molecule has 1 amide bonds. The normalized spacial score (nSPS) is 18.3. The zero-order chi connectivity index (χ0) is 15.6. The van der Waals surface area contributed by atoms with E-state index in [4.69, 9.17) is 12.2 Å². The molecule has 0 aliphatic carbocycles. The maximum absolute atomic E-state index is 12.8. The number of hydrogen-bond donors (Lipinski definition) is 2. The Morgan fingerprint density at radius 3 is 2.67 bits per heavy atom. The minimum atomic E-state index is -0.192. The summed E-state index contributed by atoms with van der Waals surface area (Å²) in [6.45, 7) is 7.26. The lowest BCUT2D eigenvalue weighted by atomic mass is 10.00. The van der Waals surface area contributed by atoms with E-state index in [-0.39, 0.29) is 11.9 Å². The number of carbonyl (C=O) groups excluding carboxylic acids is 1. The van der Waals surface area contributed by atoms with Crippen LogP contribution in [0.3, 0.4) is 0 Å². The van der Waals surface area contributed by atoms with Gasteiger partial charge < -0.3 is 15.5 Å². The number of amides is 1. The zero-order valence-electron chi connectivity index (χ0n) is 12.2. The quantitative estimate of drug-likeness (QED) is 0.778. The van der Waals surface area contributed by atoms with Gasteiger partial charge >= 0.3 is 0 Å². The van der Waals surface area contributed by atoms with E-state index in [1.807, 2.05) is 37.1 Å². The number of nitrogens with one attached hydrogen (secondary N) is 2. The number of hydrogen-bond acceptors (Lipinski definition) is 3. The summed E-state index contributed by atoms with van der Waals surface area (Å²) in [5.74, 6) is 0.0505. The van der Waals surface area contributed by atoms with Gasteiger partial charge in [-0.3, -0.25) is 4.79 Å². The van der Waals surface area contributed by atoms with Gasteiger partial charge in [0.1, 0.15) is 0 Å². The second-order valence-corrected chi connectivity index (χ2v) is 6.98. The minimum absolute atomic E-state index is 0.0505. The lowest BCUT2D eigenvalue weighted by molar-refractivity contribution is -0.127. The van der Waals surface area contributed by atoms with E-state index in [0.29, 0.717) is 18.2 Å². The Morgan fingerprint density at radius 1 is 1.48 bits per heavy atom. The number of thiophene rings is 1. The van der Waals surface area contributed by atoms with Crippen molar-refractivity contribution < 1.29 is 4.79 Å². The molecule has 2 rings (SSSR count). The Bertz CT molecular complexity index is 593. The van der Waals surface area contributed by atoms with Crippen LogP contribution in [0.1, 0.15) is 31.7 Å². The van der Waals surface area contributed by atoms with Crippen LogP contribution in [0.15, 0.2) is 27.2 Å². The molecule has 21 heavy (non-hydrogen) atoms. The average Bonchev–Trinajstić information content (AvgIpc) is 2.85. The lowest BCUT2D eigenvalue weighted by Gasteiger charge is -2.32. The van der Waals surface area contributed by atoms with Crippen molar-refractivity contribution in [2.45, 2.75) is 26.8 Å². The van der Waals surface area contributed by atoms with Gasteiger partial charge in [0.05, 0.1) is 11.6 Å². The van der Waals surface area contributed by atoms with E-state index in [2.05, 4.69) is 26.6 Å². The summed E-state index contributed by atoms with van der Waals surface area (Å²) in [5, 5.41) is 8.84. The van der Waals surface area contributed by atoms with Crippen LogP contribution in [0.25, 0.3) is 0 Å². The Balaban J connectivity index is 2.43. The van der Waals surface area contributed by atoms with Crippen molar-refractivity contribution in [3.8, 4) is 0 Å². The van der Waals surface area contributed by atoms with Crippen LogP contribution in [-0.2, 0) is 4.79 Å². The topological polar surface area (TPSA) is 44.4 Å². The van der Waals surface area contributed by atoms with Crippen molar-refractivity contribution in [3.63, 3.8) is 0 Å². The third-order valence-corrected chi connectivity index (χ3v) is 5.40. The molecule has 2 N–H and O–H groups in total. The zero-order valence-corrected chi connectivity index (χ0v) is 15.4. The first-order valence-corrected chi connectivity index (χ1v) is 8.87. The molecule has 7 heteroatoms. The summed E-state index contributed by atoms with van der Waals surface area (Å²) in [4.78, 5) is 15.7. The monoisotopic (exact) mass is 387 g/mol. The number of allylic oxidation sites excluding steroid dienone is 1. The minimum Gasteiger partial charge on any atom is -0.350 e. The molecule has 0 bridgehead atoms. The number of thiocarbonyl (C=S) groups is 1. The van der Waals surface area contributed by atoms with Gasteiger partial charge in [0.15, 0.2) is 5.11 Å². The van der Waals surface area contributed by atoms with E-state index < -0.39 is 0 Å². The highest BCUT2D eigenvalue weighted by Gasteiger charge is 2.32. The number of nitrogens with zero attached hydrogens (tertiary/aromatic N) is 1. The third kappa shape index (κ3) is 3.46. The largest absolute Gasteiger partial charge is 0.350 e. The third-order valence-electron chi connectivity index (χ3n) is 3.42. The molecule has 0 aromatic carbocycles. The standard InChI is InChI=1S/C14H18BrN3OS2/c1-4-18(5-2)13(19)11-8(3)16-14(20)17-12(11)10-6-9(15)7-21-10/h6-7,12H,4-5H2,1-3H3,(H2,16,17,20)/t12-/m1/s1. The Kier molecular flexibility index (Phi) is 5.40. The first kappa shape index (κ1) is 16.5. The van der Waals surface area contributed by atoms with Crippen molar-refractivity contribution in [1.82, 2.24) is 15.5 Å². The second kappa shape index (κ2) is 6.89. The molecule has 1 atom stereocenters. The van der Waals surface area contributed by atoms with Crippen LogP contribution in [0.2, 0.25) is 0 Å². The van der Waals surface area contributed by atoms with Gasteiger partial charge in [0.2, 0.25) is 0 Å². The predicted molar refractivity (Wildman–Crippen MR) is 94.3 cm³/mol. The lowest BCUT2D eigenvalue weighted by Crippen LogP contribution is -2.47. The van der Waals surface area contributed by atoms with Crippen LogP contribution < -0.4 is 10.6 Å². The Hall–Kier alpha value is -0.920. The van der Waals surface area contributed by atoms with Crippen molar-refractivity contribution in [1.29, 1.82) is 0 Å². The summed E-state index contributed by atoms with van der Waals surface area (Å²) in [5.41, 5.74) is 1.56. The highest BCUT2D eigenvalue weighted by molar-refractivity contribution is 9.10. The van der Waals surface area contributed by atoms with Gasteiger partial charge in [0, 0.05) is 33.5 Å². The number of halogens is 1. The Morgan fingerprint density at radius 2 is 2.14 bits per heavy atom. The van der Waals surface area contributed by atoms with Gasteiger partial charge in [-0.15, -0.1) is 11.3 Å². The van der Waals surface area contributed by atoms with Crippen LogP contribution in [0.4, 0.5) is 0 Å². The van der Waals surface area contributed by atoms with E-state index in [9.17, 15) is 4.79 Å². The van der Waals surface area contributed by atoms with E-state index in [0.717, 1.165) is 20.6 Å². The fraction of sp³-hybridized carbons (Fsp3) is 0.429. The number of carbonyl (C=O) groups is 1. The van der Waals surface area contributed by atoms with E-state index in [1.165, 1.54) is 0 Å². The fourth-order valence-electron chi connectivity index (χ4n) is 2.35. The number of rotatable bonds is 4. The van der Waals surface area contributed by atoms with Gasteiger partial charge in [0.25, 0.3) is 5.91 Å². The van der Waals surface area contributed by atoms with Crippen molar-refractivity contribution in [3.05, 3.63) is 32.1 Å². The highest BCUT2D eigenvalue weighted by Crippen LogP contribution is 2.33. The van der Waals surface area contributed by atoms with Gasteiger partial charge in [-0.25, -0.2) is 0 Å². The van der Waals surface area contributed by atoms with Crippen LogP contribution in [0, 0.1) is 0 Å². The van der Waals surface area contributed by atoms with E-state index in [1.54, 1.807) is 11.3 Å². The fourth-order valence-corrected chi connectivity index (χ4v) is 4.13. The maximum atomic E-state index is 12.8. The summed E-state index contributed by atoms with van der Waals surface area (Å²) < 4.78 is 1.01. The summed E-state index contributed by atoms with van der Waals surface area (Å²) in [6.07, 6.45) is 0. The van der Waals surface area contributed by atoms with Crippen molar-refractivity contribution >= 4 is 50.5 Å². The highest BCUT2D eigenvalue weighted by atomic mass is 79.9. The van der Waals surface area contributed by atoms with Gasteiger partial charge in [-0.2, -0.15) is 0 Å². The molecule has 0 saturated heterocycles. The second-order valence-electron chi connectivity index (χ2n) is 4.71. The van der Waals surface area contributed by atoms with Crippen LogP contribution in [0.5, 0.6) is 0 Å². The van der Waals surface area contributed by atoms with Crippen LogP contribution in [-0.4, -0.2) is 29.0 Å². The van der Waals surface area contributed by atoms with Gasteiger partial charge in [-0.1, -0.05) is 0 Å². The van der Waals surface area contributed by atoms with Crippen molar-refractivity contribution in [2.75, 3.05) is 13.1 Å². The van der Waals surface area contributed by atoms with Gasteiger partial charge in [-0.05, 0) is 55.0 Å². The molecule has 0 fully saturated rings. The Labute approximate surface area is 142 Å². The molecule has 0 saturated carbocycles. The first-order chi connectivity index (χ1) is 9.97. The summed E-state index contributed by atoms with van der Waals surface area (Å²) in [7, 11) is 0. The summed E-state index contributed by atoms with van der Waals surface area (Å²) in [6, 6.07) is 1.84. The molecule has 1 aromatic heterocycles. The number of likely N-dealkylation sites (N-methyl/N-ethyl adjacent to an activating group) is 1. The first-order valence-electron chi connectivity index (χ1n) is 6.79. The molecule has 4 nitrogen and oxygen atoms in total. The average molecular weight is 388 g/mol. The molecular weight excluding hydrogens is 370 g/mol. The molecule has 0 radical (unpaired) electrons. The van der Waals surface area contributed by atoms with Crippen LogP contribution >= 0.6 is 39.5 Å². The molecule has 0 unspecified atom stereocenters. The smallest absolute Gasteiger partial charge is 0.253 e. The van der Waals surface area contributed by atoms with Crippen molar-refractivity contribution in [2.24, 2.45) is 0 Å². The maximum Gasteiger partial charge on any atom is 0.253 e. The molecule has 1 aromatic rings. The molecule has 1 aliphatic heterocycles. The summed E-state index contributed by atoms with van der Waals surface area (Å²) >= 11 is 10.3. The molecule has 1 aliphatic rings. The molecule has 0 spiro atoms. The van der Waals surface area contributed by atoms with E-state index >= 15 is 0 Å². The molecule has 2 heterocycles. The predicted octanol–water partition coefficient (Wildman–Crippen LogP) is 3.17. The SMILES string of the molecule is CCN(CC)C(=O)C1=C(C)NC(=S)N[C@@H]1c1cc(Br)cs1. The molecule has 114 valence electrons.